The summed E-state index contributed by atoms with van der Waals surface area (Å²) in [6.07, 6.45) is 16.0. The van der Waals surface area contributed by atoms with Crippen LogP contribution in [0.5, 0.6) is 23.0 Å². The average Bonchev–Trinajstić information content (AvgIpc) is 3.07. The van der Waals surface area contributed by atoms with Crippen molar-refractivity contribution >= 4 is 15.9 Å². The molecule has 2 aromatic carbocycles. The Morgan fingerprint density at radius 1 is 0.617 bits per heavy atom. The van der Waals surface area contributed by atoms with Gasteiger partial charge >= 0.3 is 0 Å². The SMILES string of the molecule is CCCC1CCC(CBr)CC1.CCCC1CCC(COc2c(C)cc(OCC)c(F)c2F)CC1.CCOc1cc(C)c(O)c(F)c1F. The third-order valence-electron chi connectivity index (χ3n) is 9.26. The van der Waals surface area contributed by atoms with E-state index in [1.54, 1.807) is 20.8 Å². The van der Waals surface area contributed by atoms with Crippen molar-refractivity contribution in [3.8, 4) is 23.0 Å². The van der Waals surface area contributed by atoms with Crippen molar-refractivity contribution in [2.75, 3.05) is 25.2 Å². The second kappa shape index (κ2) is 21.7. The quantitative estimate of drug-likeness (QED) is 0.174. The number of benzene rings is 2. The number of halogens is 5. The van der Waals surface area contributed by atoms with Gasteiger partial charge in [0.1, 0.15) is 0 Å². The molecule has 268 valence electrons. The molecule has 0 radical (unpaired) electrons. The van der Waals surface area contributed by atoms with E-state index in [4.69, 9.17) is 19.3 Å². The van der Waals surface area contributed by atoms with E-state index in [0.29, 0.717) is 24.7 Å². The van der Waals surface area contributed by atoms with Gasteiger partial charge in [-0.1, -0.05) is 81.1 Å². The third kappa shape index (κ3) is 13.0. The zero-order valence-corrected chi connectivity index (χ0v) is 30.9. The molecule has 0 unspecified atom stereocenters. The van der Waals surface area contributed by atoms with Gasteiger partial charge in [0.2, 0.25) is 23.3 Å². The molecule has 2 aromatic rings. The lowest BCUT2D eigenvalue weighted by Gasteiger charge is -2.28. The Morgan fingerprint density at radius 3 is 1.49 bits per heavy atom. The van der Waals surface area contributed by atoms with Gasteiger partial charge in [-0.2, -0.15) is 17.6 Å². The third-order valence-corrected chi connectivity index (χ3v) is 10.2. The summed E-state index contributed by atoms with van der Waals surface area (Å²) in [6, 6.07) is 2.77. The van der Waals surface area contributed by atoms with Crippen molar-refractivity contribution in [2.24, 2.45) is 23.7 Å². The fraction of sp³-hybridized carbons (Fsp3) is 0.684. The number of alkyl halides is 1. The van der Waals surface area contributed by atoms with Crippen LogP contribution in [0.25, 0.3) is 0 Å². The molecule has 0 aromatic heterocycles. The molecule has 0 spiro atoms. The van der Waals surface area contributed by atoms with Gasteiger partial charge < -0.3 is 19.3 Å². The summed E-state index contributed by atoms with van der Waals surface area (Å²) in [7, 11) is 0. The van der Waals surface area contributed by atoms with E-state index < -0.39 is 29.0 Å². The Kier molecular flexibility index (Phi) is 19.0. The van der Waals surface area contributed by atoms with Crippen LogP contribution in [-0.2, 0) is 0 Å². The second-order valence-corrected chi connectivity index (χ2v) is 13.6. The molecular formula is C38H57BrF4O4. The van der Waals surface area contributed by atoms with Crippen molar-refractivity contribution < 1.29 is 36.9 Å². The zero-order valence-electron chi connectivity index (χ0n) is 29.3. The average molecular weight is 734 g/mol. The van der Waals surface area contributed by atoms with Crippen molar-refractivity contribution in [2.45, 2.75) is 119 Å². The molecule has 4 nitrogen and oxygen atoms in total. The number of ether oxygens (including phenoxy) is 3. The number of hydrogen-bond acceptors (Lipinski definition) is 4. The van der Waals surface area contributed by atoms with Crippen molar-refractivity contribution in [1.82, 2.24) is 0 Å². The first-order valence-corrected chi connectivity index (χ1v) is 18.7. The predicted octanol–water partition coefficient (Wildman–Crippen LogP) is 12.0. The van der Waals surface area contributed by atoms with Gasteiger partial charge in [0.25, 0.3) is 0 Å². The Morgan fingerprint density at radius 2 is 1.04 bits per heavy atom. The largest absolute Gasteiger partial charge is 0.505 e. The molecule has 0 amide bonds. The number of phenols is 1. The van der Waals surface area contributed by atoms with E-state index in [9.17, 15) is 17.6 Å². The van der Waals surface area contributed by atoms with E-state index in [1.165, 1.54) is 88.6 Å². The first-order chi connectivity index (χ1) is 22.5. The molecule has 1 N–H and O–H groups in total. The van der Waals surface area contributed by atoms with Crippen LogP contribution in [-0.4, -0.2) is 30.3 Å². The van der Waals surface area contributed by atoms with E-state index in [1.807, 2.05) is 0 Å². The molecule has 0 saturated heterocycles. The van der Waals surface area contributed by atoms with E-state index in [-0.39, 0.29) is 29.4 Å². The number of phenolic OH excluding ortho intramolecular Hbond substituents is 1. The first-order valence-electron chi connectivity index (χ1n) is 17.6. The maximum atomic E-state index is 14.2. The lowest BCUT2D eigenvalue weighted by Crippen LogP contribution is -2.20. The molecule has 4 rings (SSSR count). The molecule has 47 heavy (non-hydrogen) atoms. The molecule has 2 aliphatic carbocycles. The Balaban J connectivity index is 0.000000270. The first kappa shape index (κ1) is 41.0. The molecule has 0 heterocycles. The summed E-state index contributed by atoms with van der Waals surface area (Å²) in [4.78, 5) is 0. The van der Waals surface area contributed by atoms with Crippen molar-refractivity contribution in [3.63, 3.8) is 0 Å². The summed E-state index contributed by atoms with van der Waals surface area (Å²) in [5.74, 6) is -1.83. The highest BCUT2D eigenvalue weighted by molar-refractivity contribution is 9.09. The summed E-state index contributed by atoms with van der Waals surface area (Å²) < 4.78 is 69.6. The second-order valence-electron chi connectivity index (χ2n) is 13.0. The van der Waals surface area contributed by atoms with Crippen molar-refractivity contribution in [1.29, 1.82) is 0 Å². The minimum absolute atomic E-state index is 0.0293. The Bertz CT molecular complexity index is 1200. The molecule has 9 heteroatoms. The van der Waals surface area contributed by atoms with Gasteiger partial charge in [0, 0.05) is 5.33 Å². The zero-order chi connectivity index (χ0) is 34.9. The standard InChI is InChI=1S/C19H28F2O2.C10H19Br.C9H10F2O2/c1-4-6-14-7-9-15(10-8-14)12-23-19-13(3)11-16(22-5-2)17(20)18(19)21;1-2-3-9-4-6-10(8-11)7-5-9;1-3-13-6-4-5(2)9(12)8(11)7(6)10/h11,14-15H,4-10,12H2,1-3H3;9-10H,2-8H2,1H3;4,12H,3H2,1-2H3. The fourth-order valence-corrected chi connectivity index (χ4v) is 7.14. The lowest BCUT2D eigenvalue weighted by molar-refractivity contribution is 0.172. The van der Waals surface area contributed by atoms with Crippen LogP contribution in [0, 0.1) is 60.8 Å². The summed E-state index contributed by atoms with van der Waals surface area (Å²) in [5, 5.41) is 10.2. The smallest absolute Gasteiger partial charge is 0.204 e. The van der Waals surface area contributed by atoms with E-state index >= 15 is 0 Å². The van der Waals surface area contributed by atoms with Gasteiger partial charge in [0.05, 0.1) is 19.8 Å². The molecule has 0 aliphatic heterocycles. The topological polar surface area (TPSA) is 47.9 Å². The monoisotopic (exact) mass is 732 g/mol. The van der Waals surface area contributed by atoms with Crippen LogP contribution in [0.3, 0.4) is 0 Å². The molecule has 0 atom stereocenters. The minimum Gasteiger partial charge on any atom is -0.505 e. The number of rotatable bonds is 12. The Labute approximate surface area is 289 Å². The Hall–Kier alpha value is -2.16. The van der Waals surface area contributed by atoms with Crippen LogP contribution in [0.15, 0.2) is 12.1 Å². The van der Waals surface area contributed by atoms with Crippen molar-refractivity contribution in [3.05, 3.63) is 46.5 Å². The lowest BCUT2D eigenvalue weighted by atomic mass is 9.80. The highest BCUT2D eigenvalue weighted by Gasteiger charge is 2.24. The highest BCUT2D eigenvalue weighted by Crippen LogP contribution is 2.36. The molecule has 2 fully saturated rings. The maximum absolute atomic E-state index is 14.2. The predicted molar refractivity (Wildman–Crippen MR) is 186 cm³/mol. The van der Waals surface area contributed by atoms with Crippen LogP contribution >= 0.6 is 15.9 Å². The molecule has 0 bridgehead atoms. The normalized spacial score (nSPS) is 20.7. The van der Waals surface area contributed by atoms with E-state index in [2.05, 4.69) is 29.8 Å². The highest BCUT2D eigenvalue weighted by atomic mass is 79.9. The van der Waals surface area contributed by atoms with Crippen LogP contribution in [0.4, 0.5) is 17.6 Å². The van der Waals surface area contributed by atoms with Gasteiger partial charge in [-0.05, 0) is 100 Å². The number of aromatic hydroxyl groups is 1. The number of aryl methyl sites for hydroxylation is 2. The van der Waals surface area contributed by atoms with E-state index in [0.717, 1.165) is 30.6 Å². The number of hydrogen-bond donors (Lipinski definition) is 1. The summed E-state index contributed by atoms with van der Waals surface area (Å²) in [6.45, 7) is 12.1. The fourth-order valence-electron chi connectivity index (χ4n) is 6.50. The van der Waals surface area contributed by atoms with Gasteiger partial charge in [-0.3, -0.25) is 0 Å². The van der Waals surface area contributed by atoms with Gasteiger partial charge in [-0.15, -0.1) is 0 Å². The van der Waals surface area contributed by atoms with Crippen LogP contribution in [0.1, 0.15) is 116 Å². The minimum atomic E-state index is -1.26. The van der Waals surface area contributed by atoms with Gasteiger partial charge in [-0.25, -0.2) is 0 Å². The van der Waals surface area contributed by atoms with Crippen LogP contribution < -0.4 is 14.2 Å². The summed E-state index contributed by atoms with van der Waals surface area (Å²) >= 11 is 3.57. The summed E-state index contributed by atoms with van der Waals surface area (Å²) in [5.41, 5.74) is 0.828. The van der Waals surface area contributed by atoms with Gasteiger partial charge in [0.15, 0.2) is 23.0 Å². The molecule has 2 aliphatic rings. The van der Waals surface area contributed by atoms with Crippen LogP contribution in [0.2, 0.25) is 0 Å². The maximum Gasteiger partial charge on any atom is 0.204 e. The molecule has 2 saturated carbocycles. The molecular weight excluding hydrogens is 676 g/mol.